The molecule has 0 fully saturated rings. The molecule has 2 aromatic heterocycles. The summed E-state index contributed by atoms with van der Waals surface area (Å²) >= 11 is 0. The van der Waals surface area contributed by atoms with Crippen molar-refractivity contribution in [2.45, 2.75) is 33.1 Å². The van der Waals surface area contributed by atoms with Crippen LogP contribution < -0.4 is 5.32 Å². The summed E-state index contributed by atoms with van der Waals surface area (Å²) < 4.78 is 44.1. The maximum absolute atomic E-state index is 12.4. The SMILES string of the molecule is CCNCc1cc(Cn2ccc(C(F)(F)F)n2)oc1C. The Morgan fingerprint density at radius 1 is 1.40 bits per heavy atom. The topological polar surface area (TPSA) is 43.0 Å². The monoisotopic (exact) mass is 287 g/mol. The second kappa shape index (κ2) is 5.70. The van der Waals surface area contributed by atoms with Gasteiger partial charge in [0.1, 0.15) is 11.5 Å². The fourth-order valence-corrected chi connectivity index (χ4v) is 1.86. The van der Waals surface area contributed by atoms with Gasteiger partial charge in [0.05, 0.1) is 6.54 Å². The number of furan rings is 1. The zero-order valence-corrected chi connectivity index (χ0v) is 11.3. The Balaban J connectivity index is 2.08. The molecule has 0 aliphatic heterocycles. The van der Waals surface area contributed by atoms with Gasteiger partial charge >= 0.3 is 6.18 Å². The predicted molar refractivity (Wildman–Crippen MR) is 67.2 cm³/mol. The van der Waals surface area contributed by atoms with Crippen LogP contribution in [0.3, 0.4) is 0 Å². The minimum Gasteiger partial charge on any atom is -0.464 e. The highest BCUT2D eigenvalue weighted by Gasteiger charge is 2.33. The van der Waals surface area contributed by atoms with Crippen molar-refractivity contribution in [1.29, 1.82) is 0 Å². The maximum Gasteiger partial charge on any atom is 0.435 e. The van der Waals surface area contributed by atoms with E-state index < -0.39 is 11.9 Å². The third-order valence-electron chi connectivity index (χ3n) is 2.89. The normalized spacial score (nSPS) is 12.1. The minimum atomic E-state index is -4.42. The van der Waals surface area contributed by atoms with Crippen molar-refractivity contribution in [2.24, 2.45) is 0 Å². The molecule has 7 heteroatoms. The number of halogens is 3. The van der Waals surface area contributed by atoms with Crippen LogP contribution in [0.15, 0.2) is 22.7 Å². The maximum atomic E-state index is 12.4. The molecule has 2 aromatic rings. The molecule has 2 heterocycles. The fourth-order valence-electron chi connectivity index (χ4n) is 1.86. The number of aromatic nitrogens is 2. The molecule has 0 atom stereocenters. The van der Waals surface area contributed by atoms with E-state index in [1.54, 1.807) is 0 Å². The molecular formula is C13H16F3N3O. The van der Waals surface area contributed by atoms with Gasteiger partial charge in [-0.3, -0.25) is 4.68 Å². The summed E-state index contributed by atoms with van der Waals surface area (Å²) in [5.74, 6) is 1.36. The molecule has 0 amide bonds. The van der Waals surface area contributed by atoms with E-state index in [1.165, 1.54) is 10.9 Å². The van der Waals surface area contributed by atoms with E-state index in [-0.39, 0.29) is 6.54 Å². The van der Waals surface area contributed by atoms with Gasteiger partial charge < -0.3 is 9.73 Å². The highest BCUT2D eigenvalue weighted by molar-refractivity contribution is 5.21. The quantitative estimate of drug-likeness (QED) is 0.919. The first-order chi connectivity index (χ1) is 9.40. The van der Waals surface area contributed by atoms with Crippen LogP contribution in [-0.2, 0) is 19.3 Å². The second-order valence-corrected chi connectivity index (χ2v) is 4.47. The summed E-state index contributed by atoms with van der Waals surface area (Å²) in [7, 11) is 0. The van der Waals surface area contributed by atoms with Gasteiger partial charge in [-0.05, 0) is 25.6 Å². The first kappa shape index (κ1) is 14.6. The molecule has 1 N–H and O–H groups in total. The van der Waals surface area contributed by atoms with Gasteiger partial charge in [-0.1, -0.05) is 6.92 Å². The fraction of sp³-hybridized carbons (Fsp3) is 0.462. The highest BCUT2D eigenvalue weighted by atomic mass is 19.4. The van der Waals surface area contributed by atoms with E-state index >= 15 is 0 Å². The van der Waals surface area contributed by atoms with Gasteiger partial charge in [0, 0.05) is 18.3 Å². The number of alkyl halides is 3. The molecule has 0 spiro atoms. The van der Waals surface area contributed by atoms with Crippen LogP contribution in [0, 0.1) is 6.92 Å². The first-order valence-corrected chi connectivity index (χ1v) is 6.29. The number of nitrogens with one attached hydrogen (secondary N) is 1. The summed E-state index contributed by atoms with van der Waals surface area (Å²) in [6, 6.07) is 2.79. The van der Waals surface area contributed by atoms with Crippen LogP contribution in [0.4, 0.5) is 13.2 Å². The van der Waals surface area contributed by atoms with Crippen LogP contribution in [0.2, 0.25) is 0 Å². The van der Waals surface area contributed by atoms with Gasteiger partial charge in [-0.15, -0.1) is 0 Å². The van der Waals surface area contributed by atoms with Gasteiger partial charge in [-0.25, -0.2) is 0 Å². The van der Waals surface area contributed by atoms with Gasteiger partial charge in [-0.2, -0.15) is 18.3 Å². The zero-order valence-electron chi connectivity index (χ0n) is 11.3. The van der Waals surface area contributed by atoms with Crippen LogP contribution in [0.5, 0.6) is 0 Å². The Morgan fingerprint density at radius 2 is 2.15 bits per heavy atom. The molecule has 0 saturated heterocycles. The Morgan fingerprint density at radius 3 is 2.75 bits per heavy atom. The molecule has 2 rings (SSSR count). The Hall–Kier alpha value is -1.76. The first-order valence-electron chi connectivity index (χ1n) is 6.29. The Kier molecular flexibility index (Phi) is 4.17. The molecule has 0 aromatic carbocycles. The molecule has 20 heavy (non-hydrogen) atoms. The average molecular weight is 287 g/mol. The lowest BCUT2D eigenvalue weighted by molar-refractivity contribution is -0.141. The molecule has 0 aliphatic rings. The van der Waals surface area contributed by atoms with E-state index in [0.717, 1.165) is 23.9 Å². The molecule has 0 aliphatic carbocycles. The van der Waals surface area contributed by atoms with Crippen molar-refractivity contribution in [3.8, 4) is 0 Å². The third-order valence-corrected chi connectivity index (χ3v) is 2.89. The van der Waals surface area contributed by atoms with E-state index in [2.05, 4.69) is 10.4 Å². The molecular weight excluding hydrogens is 271 g/mol. The average Bonchev–Trinajstić information content (AvgIpc) is 2.94. The molecule has 110 valence electrons. The van der Waals surface area contributed by atoms with Gasteiger partial charge in [0.2, 0.25) is 0 Å². The van der Waals surface area contributed by atoms with E-state index in [4.69, 9.17) is 4.42 Å². The molecule has 4 nitrogen and oxygen atoms in total. The summed E-state index contributed by atoms with van der Waals surface area (Å²) in [6.07, 6.45) is -3.12. The largest absolute Gasteiger partial charge is 0.464 e. The molecule has 0 saturated carbocycles. The number of nitrogens with zero attached hydrogens (tertiary/aromatic N) is 2. The predicted octanol–water partition coefficient (Wildman–Crippen LogP) is 2.96. The summed E-state index contributed by atoms with van der Waals surface area (Å²) in [5, 5.41) is 6.67. The van der Waals surface area contributed by atoms with Gasteiger partial charge in [0.25, 0.3) is 0 Å². The van der Waals surface area contributed by atoms with E-state index in [1.807, 2.05) is 19.9 Å². The summed E-state index contributed by atoms with van der Waals surface area (Å²) in [5.41, 5.74) is 0.110. The van der Waals surface area contributed by atoms with E-state index in [9.17, 15) is 13.2 Å². The molecule has 0 unspecified atom stereocenters. The highest BCUT2D eigenvalue weighted by Crippen LogP contribution is 2.27. The van der Waals surface area contributed by atoms with Crippen molar-refractivity contribution >= 4 is 0 Å². The van der Waals surface area contributed by atoms with Crippen molar-refractivity contribution in [1.82, 2.24) is 15.1 Å². The van der Waals surface area contributed by atoms with Crippen LogP contribution in [-0.4, -0.2) is 16.3 Å². The number of hydrogen-bond donors (Lipinski definition) is 1. The third kappa shape index (κ3) is 3.41. The van der Waals surface area contributed by atoms with E-state index in [0.29, 0.717) is 12.3 Å². The molecule has 0 radical (unpaired) electrons. The second-order valence-electron chi connectivity index (χ2n) is 4.47. The van der Waals surface area contributed by atoms with Crippen LogP contribution in [0.1, 0.15) is 29.7 Å². The Labute approximate surface area is 114 Å². The van der Waals surface area contributed by atoms with Crippen molar-refractivity contribution in [3.63, 3.8) is 0 Å². The standard InChI is InChI=1S/C13H16F3N3O/c1-3-17-7-10-6-11(20-9(10)2)8-19-5-4-12(18-19)13(14,15)16/h4-6,17H,3,7-8H2,1-2H3. The number of aryl methyl sites for hydroxylation is 1. The van der Waals surface area contributed by atoms with Crippen molar-refractivity contribution < 1.29 is 17.6 Å². The number of hydrogen-bond acceptors (Lipinski definition) is 3. The minimum absolute atomic E-state index is 0.184. The van der Waals surface area contributed by atoms with Crippen molar-refractivity contribution in [3.05, 3.63) is 41.1 Å². The van der Waals surface area contributed by atoms with Crippen LogP contribution in [0.25, 0.3) is 0 Å². The molecule has 0 bridgehead atoms. The van der Waals surface area contributed by atoms with Gasteiger partial charge in [0.15, 0.2) is 5.69 Å². The van der Waals surface area contributed by atoms with Crippen molar-refractivity contribution in [2.75, 3.05) is 6.54 Å². The van der Waals surface area contributed by atoms with Crippen LogP contribution >= 0.6 is 0 Å². The summed E-state index contributed by atoms with van der Waals surface area (Å²) in [4.78, 5) is 0. The summed E-state index contributed by atoms with van der Waals surface area (Å²) in [6.45, 7) is 5.54. The zero-order chi connectivity index (χ0) is 14.8. The number of rotatable bonds is 5. The lowest BCUT2D eigenvalue weighted by atomic mass is 10.2. The smallest absolute Gasteiger partial charge is 0.435 e. The lowest BCUT2D eigenvalue weighted by Crippen LogP contribution is -2.11. The lowest BCUT2D eigenvalue weighted by Gasteiger charge is -2.01. The Bertz CT molecular complexity index is 572.